The number of aryl methyl sites for hydroxylation is 1. The minimum absolute atomic E-state index is 0.287. The highest BCUT2D eigenvalue weighted by molar-refractivity contribution is 5.57. The number of rotatable bonds is 2. The molecule has 0 bridgehead atoms. The summed E-state index contributed by atoms with van der Waals surface area (Å²) in [6, 6.07) is 3.22. The molecule has 2 aromatic rings. The summed E-state index contributed by atoms with van der Waals surface area (Å²) in [6.07, 6.45) is 1.01. The second-order valence-corrected chi connectivity index (χ2v) is 5.20. The van der Waals surface area contributed by atoms with Crippen molar-refractivity contribution in [1.82, 2.24) is 14.8 Å². The Hall–Kier alpha value is -1.95. The Balaban J connectivity index is 2.00. The Labute approximate surface area is 116 Å². The van der Waals surface area contributed by atoms with Crippen LogP contribution in [0.5, 0.6) is 0 Å². The van der Waals surface area contributed by atoms with Gasteiger partial charge in [0.05, 0.1) is 12.6 Å². The van der Waals surface area contributed by atoms with E-state index in [1.807, 2.05) is 4.57 Å². The van der Waals surface area contributed by atoms with Gasteiger partial charge in [0.2, 0.25) is 0 Å². The minimum Gasteiger partial charge on any atom is -0.389 e. The number of benzene rings is 1. The summed E-state index contributed by atoms with van der Waals surface area (Å²) in [7, 11) is 0. The third-order valence-corrected chi connectivity index (χ3v) is 3.74. The van der Waals surface area contributed by atoms with Crippen LogP contribution in [-0.2, 0) is 13.1 Å². The highest BCUT2D eigenvalue weighted by Gasteiger charge is 2.22. The molecule has 1 aliphatic rings. The third kappa shape index (κ3) is 2.16. The highest BCUT2D eigenvalue weighted by Crippen LogP contribution is 2.31. The van der Waals surface area contributed by atoms with Crippen LogP contribution in [0.4, 0.5) is 10.1 Å². The maximum absolute atomic E-state index is 13.7. The summed E-state index contributed by atoms with van der Waals surface area (Å²) in [6.45, 7) is 5.58. The number of anilines is 1. The lowest BCUT2D eigenvalue weighted by Crippen LogP contribution is -2.34. The fourth-order valence-corrected chi connectivity index (χ4v) is 2.56. The summed E-state index contributed by atoms with van der Waals surface area (Å²) in [5, 5.41) is 17.9. The molecule has 0 spiro atoms. The van der Waals surface area contributed by atoms with Gasteiger partial charge in [-0.3, -0.25) is 0 Å². The number of halogens is 1. The predicted octanol–water partition coefficient (Wildman–Crippen LogP) is 1.80. The Morgan fingerprint density at radius 3 is 2.90 bits per heavy atom. The van der Waals surface area contributed by atoms with Crippen molar-refractivity contribution in [2.45, 2.75) is 33.0 Å². The van der Waals surface area contributed by atoms with E-state index in [1.165, 1.54) is 6.07 Å². The fraction of sp³-hybridized carbons (Fsp3) is 0.429. The molecule has 1 aliphatic heterocycles. The maximum Gasteiger partial charge on any atom is 0.152 e. The molecule has 5 nitrogen and oxygen atoms in total. The molecule has 0 unspecified atom stereocenters. The molecule has 2 heterocycles. The number of aliphatic hydroxyl groups is 1. The summed E-state index contributed by atoms with van der Waals surface area (Å²) in [5.74, 6) is 0.597. The van der Waals surface area contributed by atoms with Gasteiger partial charge in [-0.2, -0.15) is 0 Å². The van der Waals surface area contributed by atoms with E-state index in [0.29, 0.717) is 17.7 Å². The maximum atomic E-state index is 13.7. The van der Waals surface area contributed by atoms with Crippen LogP contribution < -0.4 is 4.90 Å². The molecule has 0 fully saturated rings. The van der Waals surface area contributed by atoms with E-state index in [4.69, 9.17) is 0 Å². The molecule has 0 amide bonds. The van der Waals surface area contributed by atoms with E-state index in [-0.39, 0.29) is 5.82 Å². The van der Waals surface area contributed by atoms with E-state index >= 15 is 0 Å². The summed E-state index contributed by atoms with van der Waals surface area (Å²) in [5.41, 5.74) is 2.06. The largest absolute Gasteiger partial charge is 0.389 e. The molecule has 3 rings (SSSR count). The van der Waals surface area contributed by atoms with Gasteiger partial charge in [0, 0.05) is 24.3 Å². The number of fused-ring (bicyclic) bond motifs is 1. The molecule has 1 N–H and O–H groups in total. The standard InChI is InChI=1S/C14H17FN4O/c1-9-5-13(11(10(2)20)6-12(9)15)18-3-4-19-8-16-17-14(19)7-18/h5-6,8,10,20H,3-4,7H2,1-2H3/t10-/m1/s1. The first-order valence-electron chi connectivity index (χ1n) is 6.66. The number of hydrogen-bond acceptors (Lipinski definition) is 4. The van der Waals surface area contributed by atoms with E-state index in [0.717, 1.165) is 24.6 Å². The molecule has 0 saturated carbocycles. The average Bonchev–Trinajstić information content (AvgIpc) is 2.88. The van der Waals surface area contributed by atoms with Gasteiger partial charge in [-0.25, -0.2) is 4.39 Å². The van der Waals surface area contributed by atoms with Gasteiger partial charge >= 0.3 is 0 Å². The van der Waals surface area contributed by atoms with E-state index < -0.39 is 6.10 Å². The van der Waals surface area contributed by atoms with Crippen LogP contribution >= 0.6 is 0 Å². The van der Waals surface area contributed by atoms with Gasteiger partial charge in [0.25, 0.3) is 0 Å². The van der Waals surface area contributed by atoms with Gasteiger partial charge < -0.3 is 14.6 Å². The molecule has 1 atom stereocenters. The van der Waals surface area contributed by atoms with E-state index in [9.17, 15) is 9.50 Å². The van der Waals surface area contributed by atoms with Crippen LogP contribution in [0.15, 0.2) is 18.5 Å². The van der Waals surface area contributed by atoms with Crippen LogP contribution in [0, 0.1) is 12.7 Å². The van der Waals surface area contributed by atoms with Crippen molar-refractivity contribution in [2.75, 3.05) is 11.4 Å². The van der Waals surface area contributed by atoms with Crippen molar-refractivity contribution < 1.29 is 9.50 Å². The number of hydrogen-bond donors (Lipinski definition) is 1. The molecule has 0 radical (unpaired) electrons. The van der Waals surface area contributed by atoms with Crippen molar-refractivity contribution in [3.63, 3.8) is 0 Å². The highest BCUT2D eigenvalue weighted by atomic mass is 19.1. The van der Waals surface area contributed by atoms with Crippen molar-refractivity contribution in [3.05, 3.63) is 41.2 Å². The monoisotopic (exact) mass is 276 g/mol. The Bertz CT molecular complexity index is 638. The zero-order chi connectivity index (χ0) is 14.3. The number of nitrogens with zero attached hydrogens (tertiary/aromatic N) is 4. The second kappa shape index (κ2) is 4.86. The summed E-state index contributed by atoms with van der Waals surface area (Å²) in [4.78, 5) is 2.11. The van der Waals surface area contributed by atoms with E-state index in [1.54, 1.807) is 26.2 Å². The van der Waals surface area contributed by atoms with Crippen molar-refractivity contribution in [1.29, 1.82) is 0 Å². The molecule has 0 aliphatic carbocycles. The predicted molar refractivity (Wildman–Crippen MR) is 72.8 cm³/mol. The van der Waals surface area contributed by atoms with Crippen molar-refractivity contribution in [2.24, 2.45) is 0 Å². The lowest BCUT2D eigenvalue weighted by Gasteiger charge is -2.31. The SMILES string of the molecule is Cc1cc(N2CCn3cnnc3C2)c([C@@H](C)O)cc1F. The molecule has 1 aromatic carbocycles. The zero-order valence-electron chi connectivity index (χ0n) is 11.5. The summed E-state index contributed by atoms with van der Waals surface area (Å²) >= 11 is 0. The minimum atomic E-state index is -0.708. The Kier molecular flexibility index (Phi) is 3.17. The first-order valence-corrected chi connectivity index (χ1v) is 6.66. The van der Waals surface area contributed by atoms with Crippen LogP contribution in [-0.4, -0.2) is 26.4 Å². The first kappa shape index (κ1) is 13.1. The zero-order valence-corrected chi connectivity index (χ0v) is 11.5. The third-order valence-electron chi connectivity index (χ3n) is 3.74. The van der Waals surface area contributed by atoms with Gasteiger partial charge in [0.15, 0.2) is 5.82 Å². The lowest BCUT2D eigenvalue weighted by atomic mass is 10.0. The summed E-state index contributed by atoms with van der Waals surface area (Å²) < 4.78 is 15.7. The molecule has 20 heavy (non-hydrogen) atoms. The molecular weight excluding hydrogens is 259 g/mol. The number of aliphatic hydroxyl groups excluding tert-OH is 1. The molecule has 6 heteroatoms. The van der Waals surface area contributed by atoms with Crippen molar-refractivity contribution >= 4 is 5.69 Å². The topological polar surface area (TPSA) is 54.2 Å². The van der Waals surface area contributed by atoms with Gasteiger partial charge in [-0.05, 0) is 31.5 Å². The number of aromatic nitrogens is 3. The van der Waals surface area contributed by atoms with Crippen LogP contribution in [0.3, 0.4) is 0 Å². The van der Waals surface area contributed by atoms with Gasteiger partial charge in [0.1, 0.15) is 12.1 Å². The van der Waals surface area contributed by atoms with Crippen LogP contribution in [0.2, 0.25) is 0 Å². The molecule has 1 aromatic heterocycles. The Morgan fingerprint density at radius 1 is 1.35 bits per heavy atom. The Morgan fingerprint density at radius 2 is 2.15 bits per heavy atom. The first-order chi connectivity index (χ1) is 9.56. The van der Waals surface area contributed by atoms with Gasteiger partial charge in [-0.15, -0.1) is 10.2 Å². The molecular formula is C14H17FN4O. The van der Waals surface area contributed by atoms with Gasteiger partial charge in [-0.1, -0.05) is 0 Å². The fourth-order valence-electron chi connectivity index (χ4n) is 2.56. The quantitative estimate of drug-likeness (QED) is 0.908. The van der Waals surface area contributed by atoms with Crippen LogP contribution in [0.25, 0.3) is 0 Å². The van der Waals surface area contributed by atoms with Crippen LogP contribution in [0.1, 0.15) is 30.0 Å². The molecule has 106 valence electrons. The smallest absolute Gasteiger partial charge is 0.152 e. The second-order valence-electron chi connectivity index (χ2n) is 5.20. The average molecular weight is 276 g/mol. The molecule has 0 saturated heterocycles. The van der Waals surface area contributed by atoms with Crippen molar-refractivity contribution in [3.8, 4) is 0 Å². The normalized spacial score (nSPS) is 16.1. The van der Waals surface area contributed by atoms with E-state index in [2.05, 4.69) is 15.1 Å². The lowest BCUT2D eigenvalue weighted by molar-refractivity contribution is 0.199.